The molecule has 2 aliphatic rings. The van der Waals surface area contributed by atoms with Crippen LogP contribution in [0.5, 0.6) is 0 Å². The van der Waals surface area contributed by atoms with Gasteiger partial charge >= 0.3 is 0 Å². The molecule has 1 heterocycles. The molecule has 15 heavy (non-hydrogen) atoms. The molecule has 0 radical (unpaired) electrons. The zero-order valence-corrected chi connectivity index (χ0v) is 11.1. The van der Waals surface area contributed by atoms with Gasteiger partial charge in [0.1, 0.15) is 0 Å². The lowest BCUT2D eigenvalue weighted by Crippen LogP contribution is -2.34. The van der Waals surface area contributed by atoms with E-state index in [4.69, 9.17) is 4.74 Å². The Hall–Kier alpha value is 0.660. The summed E-state index contributed by atoms with van der Waals surface area (Å²) in [6, 6.07) is 0. The molecule has 0 N–H and O–H groups in total. The van der Waals surface area contributed by atoms with E-state index in [9.17, 15) is 0 Å². The molecule has 2 fully saturated rings. The van der Waals surface area contributed by atoms with Crippen molar-refractivity contribution in [2.45, 2.75) is 43.8 Å². The normalized spacial score (nSPS) is 27.0. The lowest BCUT2D eigenvalue weighted by molar-refractivity contribution is 0.0370. The van der Waals surface area contributed by atoms with E-state index in [0.717, 1.165) is 24.2 Å². The maximum absolute atomic E-state index is 5.46. The molecule has 0 aromatic heterocycles. The Morgan fingerprint density at radius 2 is 1.87 bits per heavy atom. The molecule has 0 atom stereocenters. The second kappa shape index (κ2) is 5.83. The van der Waals surface area contributed by atoms with Crippen LogP contribution >= 0.6 is 24.4 Å². The topological polar surface area (TPSA) is 9.23 Å². The number of thiol groups is 1. The minimum atomic E-state index is 0.481. The molecule has 1 aliphatic carbocycles. The molecule has 88 valence electrons. The van der Waals surface area contributed by atoms with Gasteiger partial charge in [-0.15, -0.1) is 0 Å². The first-order valence-corrected chi connectivity index (χ1v) is 7.83. The summed E-state index contributed by atoms with van der Waals surface area (Å²) in [5.41, 5.74) is 0.481. The van der Waals surface area contributed by atoms with Crippen molar-refractivity contribution in [1.29, 1.82) is 0 Å². The van der Waals surface area contributed by atoms with Crippen LogP contribution in [-0.4, -0.2) is 30.0 Å². The average molecular weight is 246 g/mol. The predicted molar refractivity (Wildman–Crippen MR) is 71.1 cm³/mol. The number of thioether (sulfide) groups is 1. The molecule has 0 bridgehead atoms. The first-order chi connectivity index (χ1) is 7.35. The van der Waals surface area contributed by atoms with Crippen molar-refractivity contribution in [3.63, 3.8) is 0 Å². The quantitative estimate of drug-likeness (QED) is 0.762. The molecular weight excluding hydrogens is 224 g/mol. The number of ether oxygens (including phenoxy) is 1. The summed E-state index contributed by atoms with van der Waals surface area (Å²) in [6.45, 7) is 1.90. The van der Waals surface area contributed by atoms with Crippen LogP contribution in [0.4, 0.5) is 0 Å². The Morgan fingerprint density at radius 3 is 2.47 bits per heavy atom. The van der Waals surface area contributed by atoms with E-state index in [-0.39, 0.29) is 0 Å². The highest BCUT2D eigenvalue weighted by Crippen LogP contribution is 2.39. The number of hydrogen-bond acceptors (Lipinski definition) is 3. The minimum absolute atomic E-state index is 0.481. The van der Waals surface area contributed by atoms with E-state index in [1.54, 1.807) is 0 Å². The highest BCUT2D eigenvalue weighted by atomic mass is 32.2. The Labute approximate surface area is 103 Å². The summed E-state index contributed by atoms with van der Waals surface area (Å²) < 4.78 is 5.46. The molecular formula is C12H22OS2. The zero-order chi connectivity index (χ0) is 10.6. The standard InChI is InChI=1S/C12H22OS2/c14-9-12(5-7-13-8-6-12)10-15-11-3-1-2-4-11/h11,14H,1-10H2. The smallest absolute Gasteiger partial charge is 0.0471 e. The predicted octanol–water partition coefficient (Wildman–Crippen LogP) is 3.39. The first-order valence-electron chi connectivity index (χ1n) is 6.15. The summed E-state index contributed by atoms with van der Waals surface area (Å²) >= 11 is 6.77. The van der Waals surface area contributed by atoms with E-state index in [0.29, 0.717) is 5.41 Å². The van der Waals surface area contributed by atoms with E-state index in [1.165, 1.54) is 44.3 Å². The third-order valence-corrected chi connectivity index (χ3v) is 6.21. The van der Waals surface area contributed by atoms with Crippen LogP contribution in [0.25, 0.3) is 0 Å². The van der Waals surface area contributed by atoms with Crippen molar-refractivity contribution in [2.24, 2.45) is 5.41 Å². The van der Waals surface area contributed by atoms with Gasteiger partial charge in [-0.3, -0.25) is 0 Å². The van der Waals surface area contributed by atoms with Crippen LogP contribution in [0.3, 0.4) is 0 Å². The third kappa shape index (κ3) is 3.31. The lowest BCUT2D eigenvalue weighted by atomic mass is 9.84. The van der Waals surface area contributed by atoms with Gasteiger partial charge in [-0.05, 0) is 36.9 Å². The van der Waals surface area contributed by atoms with Gasteiger partial charge in [0.15, 0.2) is 0 Å². The number of rotatable bonds is 4. The van der Waals surface area contributed by atoms with E-state index in [1.807, 2.05) is 0 Å². The van der Waals surface area contributed by atoms with Crippen molar-refractivity contribution >= 4 is 24.4 Å². The molecule has 0 aromatic rings. The fourth-order valence-corrected chi connectivity index (χ4v) is 4.73. The average Bonchev–Trinajstić information content (AvgIpc) is 2.81. The molecule has 0 aromatic carbocycles. The lowest BCUT2D eigenvalue weighted by Gasteiger charge is -2.36. The van der Waals surface area contributed by atoms with Crippen molar-refractivity contribution in [3.05, 3.63) is 0 Å². The summed E-state index contributed by atoms with van der Waals surface area (Å²) in [5, 5.41) is 0.949. The summed E-state index contributed by atoms with van der Waals surface area (Å²) in [6.07, 6.45) is 8.24. The first kappa shape index (κ1) is 12.1. The number of hydrogen-bond donors (Lipinski definition) is 1. The maximum Gasteiger partial charge on any atom is 0.0471 e. The van der Waals surface area contributed by atoms with Gasteiger partial charge in [-0.1, -0.05) is 12.8 Å². The molecule has 1 saturated carbocycles. The second-order valence-corrected chi connectivity index (χ2v) is 6.59. The molecule has 0 unspecified atom stereocenters. The SMILES string of the molecule is SCC1(CSC2CCCC2)CCOCC1. The van der Waals surface area contributed by atoms with Crippen LogP contribution in [0, 0.1) is 5.41 Å². The molecule has 1 nitrogen and oxygen atoms in total. The molecule has 3 heteroatoms. The summed E-state index contributed by atoms with van der Waals surface area (Å²) in [7, 11) is 0. The highest BCUT2D eigenvalue weighted by Gasteiger charge is 2.32. The summed E-state index contributed by atoms with van der Waals surface area (Å²) in [4.78, 5) is 0. The van der Waals surface area contributed by atoms with Crippen molar-refractivity contribution < 1.29 is 4.74 Å². The highest BCUT2D eigenvalue weighted by molar-refractivity contribution is 8.00. The van der Waals surface area contributed by atoms with Crippen LogP contribution in [0.1, 0.15) is 38.5 Å². The van der Waals surface area contributed by atoms with E-state index in [2.05, 4.69) is 24.4 Å². The molecule has 1 aliphatic heterocycles. The van der Waals surface area contributed by atoms with Gasteiger partial charge in [-0.25, -0.2) is 0 Å². The van der Waals surface area contributed by atoms with Crippen LogP contribution < -0.4 is 0 Å². The van der Waals surface area contributed by atoms with Crippen molar-refractivity contribution in [3.8, 4) is 0 Å². The third-order valence-electron chi connectivity index (χ3n) is 3.82. The van der Waals surface area contributed by atoms with Gasteiger partial charge in [0.25, 0.3) is 0 Å². The monoisotopic (exact) mass is 246 g/mol. The fourth-order valence-electron chi connectivity index (χ4n) is 2.50. The van der Waals surface area contributed by atoms with E-state index < -0.39 is 0 Å². The Kier molecular flexibility index (Phi) is 4.71. The largest absolute Gasteiger partial charge is 0.381 e. The van der Waals surface area contributed by atoms with E-state index >= 15 is 0 Å². The van der Waals surface area contributed by atoms with Crippen LogP contribution in [0.15, 0.2) is 0 Å². The maximum atomic E-state index is 5.46. The minimum Gasteiger partial charge on any atom is -0.381 e. The van der Waals surface area contributed by atoms with Gasteiger partial charge in [0.05, 0.1) is 0 Å². The molecule has 0 amide bonds. The fraction of sp³-hybridized carbons (Fsp3) is 1.00. The van der Waals surface area contributed by atoms with Crippen LogP contribution in [0.2, 0.25) is 0 Å². The van der Waals surface area contributed by atoms with Crippen molar-refractivity contribution in [1.82, 2.24) is 0 Å². The van der Waals surface area contributed by atoms with Gasteiger partial charge in [-0.2, -0.15) is 24.4 Å². The molecule has 0 spiro atoms. The Morgan fingerprint density at radius 1 is 1.20 bits per heavy atom. The second-order valence-electron chi connectivity index (χ2n) is 4.99. The Balaban J connectivity index is 1.78. The molecule has 2 rings (SSSR count). The van der Waals surface area contributed by atoms with Gasteiger partial charge in [0, 0.05) is 24.2 Å². The molecule has 1 saturated heterocycles. The summed E-state index contributed by atoms with van der Waals surface area (Å²) in [5.74, 6) is 2.35. The van der Waals surface area contributed by atoms with Crippen molar-refractivity contribution in [2.75, 3.05) is 24.7 Å². The van der Waals surface area contributed by atoms with Gasteiger partial charge < -0.3 is 4.74 Å². The zero-order valence-electron chi connectivity index (χ0n) is 9.41. The van der Waals surface area contributed by atoms with Crippen LogP contribution in [-0.2, 0) is 4.74 Å². The Bertz CT molecular complexity index is 184. The van der Waals surface area contributed by atoms with Gasteiger partial charge in [0.2, 0.25) is 0 Å².